The van der Waals surface area contributed by atoms with E-state index in [2.05, 4.69) is 15.9 Å². The Bertz CT molecular complexity index is 921. The van der Waals surface area contributed by atoms with Crippen LogP contribution in [0.3, 0.4) is 0 Å². The molecule has 1 aliphatic heterocycles. The van der Waals surface area contributed by atoms with Gasteiger partial charge in [-0.25, -0.2) is 8.42 Å². The second kappa shape index (κ2) is 8.86. The topological polar surface area (TPSA) is 54.5 Å². The number of carbonyl (C=O) groups excluding carboxylic acids is 1. The SMILES string of the molecule is O=C(Cc1ccc(Br)cc1)c1ccc(Cl)c(S(=O)(=O)N2CCCCCC2)c1. The van der Waals surface area contributed by atoms with Gasteiger partial charge in [0.15, 0.2) is 5.78 Å². The Morgan fingerprint density at radius 1 is 1.00 bits per heavy atom. The van der Waals surface area contributed by atoms with Crippen LogP contribution in [0.2, 0.25) is 5.02 Å². The van der Waals surface area contributed by atoms with Crippen LogP contribution in [0, 0.1) is 0 Å². The number of carbonyl (C=O) groups is 1. The van der Waals surface area contributed by atoms with Crippen LogP contribution in [-0.2, 0) is 16.4 Å². The molecule has 4 nitrogen and oxygen atoms in total. The van der Waals surface area contributed by atoms with E-state index in [9.17, 15) is 13.2 Å². The molecule has 144 valence electrons. The Hall–Kier alpha value is -1.21. The highest BCUT2D eigenvalue weighted by molar-refractivity contribution is 9.10. The first-order valence-electron chi connectivity index (χ1n) is 8.95. The second-order valence-electron chi connectivity index (χ2n) is 6.69. The van der Waals surface area contributed by atoms with E-state index in [0.29, 0.717) is 18.7 Å². The minimum atomic E-state index is -3.71. The smallest absolute Gasteiger partial charge is 0.244 e. The molecule has 27 heavy (non-hydrogen) atoms. The number of hydrogen-bond donors (Lipinski definition) is 0. The molecule has 0 bridgehead atoms. The lowest BCUT2D eigenvalue weighted by Crippen LogP contribution is -2.32. The van der Waals surface area contributed by atoms with Crippen molar-refractivity contribution in [3.05, 3.63) is 63.1 Å². The van der Waals surface area contributed by atoms with E-state index in [1.54, 1.807) is 6.07 Å². The molecule has 7 heteroatoms. The van der Waals surface area contributed by atoms with Crippen molar-refractivity contribution in [2.45, 2.75) is 37.0 Å². The Kier molecular flexibility index (Phi) is 6.74. The number of Topliss-reactive ketones (excluding diaryl/α,β-unsaturated/α-hetero) is 1. The van der Waals surface area contributed by atoms with Crippen molar-refractivity contribution in [2.75, 3.05) is 13.1 Å². The number of hydrogen-bond acceptors (Lipinski definition) is 3. The third-order valence-corrected chi connectivity index (χ3v) is 7.62. The summed E-state index contributed by atoms with van der Waals surface area (Å²) in [6.07, 6.45) is 3.97. The molecule has 0 aromatic heterocycles. The molecule has 0 radical (unpaired) electrons. The van der Waals surface area contributed by atoms with Crippen LogP contribution in [0.25, 0.3) is 0 Å². The zero-order valence-corrected chi connectivity index (χ0v) is 18.0. The molecular weight excluding hydrogens is 450 g/mol. The molecule has 0 atom stereocenters. The van der Waals surface area contributed by atoms with Crippen LogP contribution in [0.5, 0.6) is 0 Å². The van der Waals surface area contributed by atoms with Gasteiger partial charge in [0.25, 0.3) is 0 Å². The predicted octanol–water partition coefficient (Wildman–Crippen LogP) is 5.09. The first-order valence-corrected chi connectivity index (χ1v) is 11.6. The number of halogens is 2. The lowest BCUT2D eigenvalue weighted by Gasteiger charge is -2.21. The summed E-state index contributed by atoms with van der Waals surface area (Å²) in [6, 6.07) is 12.0. The van der Waals surface area contributed by atoms with Gasteiger partial charge in [-0.3, -0.25) is 4.79 Å². The van der Waals surface area contributed by atoms with Crippen LogP contribution in [0.1, 0.15) is 41.6 Å². The van der Waals surface area contributed by atoms with E-state index in [0.717, 1.165) is 35.7 Å². The van der Waals surface area contributed by atoms with Crippen LogP contribution in [-0.4, -0.2) is 31.6 Å². The zero-order valence-electron chi connectivity index (χ0n) is 14.8. The van der Waals surface area contributed by atoms with E-state index in [4.69, 9.17) is 11.6 Å². The van der Waals surface area contributed by atoms with Gasteiger partial charge in [0.1, 0.15) is 4.90 Å². The summed E-state index contributed by atoms with van der Waals surface area (Å²) in [4.78, 5) is 12.7. The lowest BCUT2D eigenvalue weighted by atomic mass is 10.0. The van der Waals surface area contributed by atoms with E-state index >= 15 is 0 Å². The van der Waals surface area contributed by atoms with Gasteiger partial charge in [-0.1, -0.05) is 52.5 Å². The summed E-state index contributed by atoms with van der Waals surface area (Å²) in [7, 11) is -3.71. The van der Waals surface area contributed by atoms with Crippen LogP contribution in [0.15, 0.2) is 51.8 Å². The number of nitrogens with zero attached hydrogens (tertiary/aromatic N) is 1. The summed E-state index contributed by atoms with van der Waals surface area (Å²) >= 11 is 9.57. The predicted molar refractivity (Wildman–Crippen MR) is 111 cm³/mol. The Morgan fingerprint density at radius 3 is 2.26 bits per heavy atom. The monoisotopic (exact) mass is 469 g/mol. The fraction of sp³-hybridized carbons (Fsp3) is 0.350. The van der Waals surface area contributed by atoms with Crippen molar-refractivity contribution in [3.8, 4) is 0 Å². The summed E-state index contributed by atoms with van der Waals surface area (Å²) in [5.41, 5.74) is 1.23. The Morgan fingerprint density at radius 2 is 1.63 bits per heavy atom. The maximum atomic E-state index is 13.1. The van der Waals surface area contributed by atoms with E-state index in [1.165, 1.54) is 16.4 Å². The largest absolute Gasteiger partial charge is 0.294 e. The van der Waals surface area contributed by atoms with Gasteiger partial charge >= 0.3 is 0 Å². The molecule has 2 aromatic rings. The molecule has 1 aliphatic rings. The normalized spacial score (nSPS) is 16.1. The fourth-order valence-corrected chi connectivity index (χ4v) is 5.47. The van der Waals surface area contributed by atoms with Gasteiger partial charge in [-0.15, -0.1) is 0 Å². The zero-order chi connectivity index (χ0) is 19.4. The van der Waals surface area contributed by atoms with Gasteiger partial charge in [0.2, 0.25) is 10.0 Å². The van der Waals surface area contributed by atoms with Gasteiger partial charge in [-0.2, -0.15) is 4.31 Å². The molecule has 0 saturated carbocycles. The van der Waals surface area contributed by atoms with Crippen molar-refractivity contribution in [3.63, 3.8) is 0 Å². The minimum Gasteiger partial charge on any atom is -0.294 e. The van der Waals surface area contributed by atoms with Crippen LogP contribution >= 0.6 is 27.5 Å². The molecule has 0 amide bonds. The average Bonchev–Trinajstić information content (AvgIpc) is 2.94. The number of sulfonamides is 1. The van der Waals surface area contributed by atoms with E-state index < -0.39 is 10.0 Å². The van der Waals surface area contributed by atoms with Crippen molar-refractivity contribution < 1.29 is 13.2 Å². The van der Waals surface area contributed by atoms with Crippen LogP contribution in [0.4, 0.5) is 0 Å². The van der Waals surface area contributed by atoms with E-state index in [-0.39, 0.29) is 22.1 Å². The van der Waals surface area contributed by atoms with Gasteiger partial charge in [0, 0.05) is 29.5 Å². The molecular formula is C20H21BrClNO3S. The summed E-state index contributed by atoms with van der Waals surface area (Å²) < 4.78 is 28.5. The molecule has 0 aliphatic carbocycles. The molecule has 3 rings (SSSR count). The highest BCUT2D eigenvalue weighted by Crippen LogP contribution is 2.28. The second-order valence-corrected chi connectivity index (χ2v) is 9.92. The maximum Gasteiger partial charge on any atom is 0.244 e. The summed E-state index contributed by atoms with van der Waals surface area (Å²) in [6.45, 7) is 0.992. The third-order valence-electron chi connectivity index (χ3n) is 4.71. The van der Waals surface area contributed by atoms with Crippen molar-refractivity contribution in [1.82, 2.24) is 4.31 Å². The molecule has 0 spiro atoms. The quantitative estimate of drug-likeness (QED) is 0.572. The third kappa shape index (κ3) is 4.99. The Labute approximate surface area is 173 Å². The molecule has 1 fully saturated rings. The number of ketones is 1. The molecule has 1 saturated heterocycles. The minimum absolute atomic E-state index is 0.0210. The molecule has 0 N–H and O–H groups in total. The van der Waals surface area contributed by atoms with Crippen molar-refractivity contribution in [2.24, 2.45) is 0 Å². The van der Waals surface area contributed by atoms with Crippen molar-refractivity contribution >= 4 is 43.3 Å². The van der Waals surface area contributed by atoms with Crippen molar-refractivity contribution in [1.29, 1.82) is 0 Å². The lowest BCUT2D eigenvalue weighted by molar-refractivity contribution is 0.0993. The summed E-state index contributed by atoms with van der Waals surface area (Å²) in [5.74, 6) is -0.138. The maximum absolute atomic E-state index is 13.1. The molecule has 2 aromatic carbocycles. The standard InChI is InChI=1S/C20H21BrClNO3S/c21-17-8-5-15(6-9-17)13-19(24)16-7-10-18(22)20(14-16)27(25,26)23-11-3-1-2-4-12-23/h5-10,14H,1-4,11-13H2. The summed E-state index contributed by atoms with van der Waals surface area (Å²) in [5, 5.41) is 0.152. The fourth-order valence-electron chi connectivity index (χ4n) is 3.19. The molecule has 1 heterocycles. The van der Waals surface area contributed by atoms with Gasteiger partial charge in [0.05, 0.1) is 5.02 Å². The number of benzene rings is 2. The first-order chi connectivity index (χ1) is 12.9. The number of rotatable bonds is 5. The van der Waals surface area contributed by atoms with Crippen LogP contribution < -0.4 is 0 Å². The van der Waals surface area contributed by atoms with E-state index in [1.807, 2.05) is 24.3 Å². The Balaban J connectivity index is 1.87. The molecule has 0 unspecified atom stereocenters. The highest BCUT2D eigenvalue weighted by atomic mass is 79.9. The first kappa shape index (κ1) is 20.5. The van der Waals surface area contributed by atoms with Gasteiger partial charge in [-0.05, 0) is 48.7 Å². The highest BCUT2D eigenvalue weighted by Gasteiger charge is 2.28. The van der Waals surface area contributed by atoms with Gasteiger partial charge < -0.3 is 0 Å². The average molecular weight is 471 g/mol.